The molecule has 1 atom stereocenters. The van der Waals surface area contributed by atoms with Crippen molar-refractivity contribution < 1.29 is 5.11 Å². The molecule has 4 heteroatoms. The van der Waals surface area contributed by atoms with Gasteiger partial charge in [-0.25, -0.2) is 0 Å². The van der Waals surface area contributed by atoms with Crippen LogP contribution >= 0.6 is 0 Å². The van der Waals surface area contributed by atoms with Gasteiger partial charge in [-0.3, -0.25) is 5.10 Å². The number of nitrogens with two attached hydrogens (primary N) is 1. The molecule has 0 bridgehead atoms. The molecule has 0 aliphatic carbocycles. The summed E-state index contributed by atoms with van der Waals surface area (Å²) >= 11 is 0. The number of aliphatic hydroxyl groups excluding tert-OH is 1. The molecular formula is C10H13N3O. The quantitative estimate of drug-likeness (QED) is 0.658. The maximum absolute atomic E-state index is 9.42. The molecule has 4 N–H and O–H groups in total. The zero-order chi connectivity index (χ0) is 9.97. The van der Waals surface area contributed by atoms with E-state index in [4.69, 9.17) is 5.73 Å². The minimum absolute atomic E-state index is 0.271. The van der Waals surface area contributed by atoms with Crippen LogP contribution in [0.3, 0.4) is 0 Å². The normalized spacial score (nSPS) is 13.3. The fourth-order valence-electron chi connectivity index (χ4n) is 1.49. The molecule has 0 spiro atoms. The van der Waals surface area contributed by atoms with Crippen molar-refractivity contribution in [1.82, 2.24) is 10.2 Å². The van der Waals surface area contributed by atoms with Crippen LogP contribution in [0.2, 0.25) is 0 Å². The second kappa shape index (κ2) is 3.77. The molecule has 4 nitrogen and oxygen atoms in total. The second-order valence-corrected chi connectivity index (χ2v) is 3.31. The first-order valence-corrected chi connectivity index (χ1v) is 4.61. The number of nitrogens with zero attached hydrogens (tertiary/aromatic N) is 1. The van der Waals surface area contributed by atoms with Gasteiger partial charge in [-0.1, -0.05) is 18.2 Å². The van der Waals surface area contributed by atoms with Crippen molar-refractivity contribution in [1.29, 1.82) is 0 Å². The van der Waals surface area contributed by atoms with Crippen molar-refractivity contribution in [2.24, 2.45) is 5.73 Å². The Balaban J connectivity index is 2.33. The van der Waals surface area contributed by atoms with Crippen molar-refractivity contribution in [2.45, 2.75) is 12.5 Å². The molecular weight excluding hydrogens is 178 g/mol. The average Bonchev–Trinajstić information content (AvgIpc) is 2.62. The Hall–Kier alpha value is -1.39. The van der Waals surface area contributed by atoms with E-state index in [0.29, 0.717) is 6.42 Å². The van der Waals surface area contributed by atoms with Crippen LogP contribution in [0.25, 0.3) is 10.9 Å². The van der Waals surface area contributed by atoms with E-state index in [1.54, 1.807) is 0 Å². The highest BCUT2D eigenvalue weighted by Gasteiger charge is 2.08. The average molecular weight is 191 g/mol. The van der Waals surface area contributed by atoms with Crippen LogP contribution in [0.4, 0.5) is 0 Å². The predicted octanol–water partition coefficient (Wildman–Crippen LogP) is 0.425. The maximum Gasteiger partial charge on any atom is 0.0923 e. The van der Waals surface area contributed by atoms with E-state index < -0.39 is 6.10 Å². The molecule has 0 fully saturated rings. The van der Waals surface area contributed by atoms with Crippen LogP contribution in [0.1, 0.15) is 5.69 Å². The van der Waals surface area contributed by atoms with E-state index in [0.717, 1.165) is 16.6 Å². The number of hydrogen-bond acceptors (Lipinski definition) is 3. The summed E-state index contributed by atoms with van der Waals surface area (Å²) in [6.45, 7) is 0.271. The molecule has 0 amide bonds. The van der Waals surface area contributed by atoms with Crippen LogP contribution in [-0.2, 0) is 6.42 Å². The summed E-state index contributed by atoms with van der Waals surface area (Å²) in [6, 6.07) is 7.81. The molecule has 1 aromatic heterocycles. The minimum Gasteiger partial charge on any atom is -0.391 e. The number of hydrogen-bond donors (Lipinski definition) is 3. The van der Waals surface area contributed by atoms with Gasteiger partial charge in [-0.15, -0.1) is 0 Å². The van der Waals surface area contributed by atoms with E-state index in [1.807, 2.05) is 24.3 Å². The Kier molecular flexibility index (Phi) is 2.47. The molecule has 0 radical (unpaired) electrons. The van der Waals surface area contributed by atoms with Crippen LogP contribution in [0.5, 0.6) is 0 Å². The third kappa shape index (κ3) is 1.62. The standard InChI is InChI=1S/C10H13N3O/c11-6-7(14)5-10-8-3-1-2-4-9(8)12-13-10/h1-4,7,14H,5-6,11H2,(H,12,13). The lowest BCUT2D eigenvalue weighted by atomic mass is 10.1. The molecule has 74 valence electrons. The number of benzene rings is 1. The Bertz CT molecular complexity index is 424. The molecule has 0 aliphatic rings. The molecule has 14 heavy (non-hydrogen) atoms. The van der Waals surface area contributed by atoms with Crippen LogP contribution in [-0.4, -0.2) is 28.0 Å². The zero-order valence-corrected chi connectivity index (χ0v) is 7.77. The molecule has 1 heterocycles. The number of para-hydroxylation sites is 1. The summed E-state index contributed by atoms with van der Waals surface area (Å²) in [5, 5.41) is 17.5. The molecule has 2 aromatic rings. The van der Waals surface area contributed by atoms with E-state index in [9.17, 15) is 5.11 Å². The third-order valence-corrected chi connectivity index (χ3v) is 2.25. The van der Waals surface area contributed by atoms with Gasteiger partial charge in [0.05, 0.1) is 11.6 Å². The first-order chi connectivity index (χ1) is 6.81. The smallest absolute Gasteiger partial charge is 0.0923 e. The fraction of sp³-hybridized carbons (Fsp3) is 0.300. The summed E-state index contributed by atoms with van der Waals surface area (Å²) in [5.74, 6) is 0. The first kappa shape index (κ1) is 9.18. The Morgan fingerprint density at radius 3 is 3.00 bits per heavy atom. The van der Waals surface area contributed by atoms with E-state index in [-0.39, 0.29) is 6.54 Å². The predicted molar refractivity (Wildman–Crippen MR) is 54.9 cm³/mol. The number of nitrogens with one attached hydrogen (secondary N) is 1. The molecule has 1 aromatic carbocycles. The number of H-pyrrole nitrogens is 1. The molecule has 0 aliphatic heterocycles. The van der Waals surface area contributed by atoms with E-state index in [2.05, 4.69) is 10.2 Å². The van der Waals surface area contributed by atoms with E-state index in [1.165, 1.54) is 0 Å². The van der Waals surface area contributed by atoms with Gasteiger partial charge in [0.2, 0.25) is 0 Å². The zero-order valence-electron chi connectivity index (χ0n) is 7.77. The summed E-state index contributed by atoms with van der Waals surface area (Å²) in [7, 11) is 0. The Morgan fingerprint density at radius 2 is 2.21 bits per heavy atom. The topological polar surface area (TPSA) is 74.9 Å². The lowest BCUT2D eigenvalue weighted by Gasteiger charge is -2.04. The largest absolute Gasteiger partial charge is 0.391 e. The number of aromatic nitrogens is 2. The van der Waals surface area contributed by atoms with Crippen molar-refractivity contribution in [2.75, 3.05) is 6.54 Å². The van der Waals surface area contributed by atoms with Gasteiger partial charge in [0, 0.05) is 24.0 Å². The summed E-state index contributed by atoms with van der Waals surface area (Å²) in [6.07, 6.45) is 0.0238. The van der Waals surface area contributed by atoms with Crippen LogP contribution in [0, 0.1) is 0 Å². The monoisotopic (exact) mass is 191 g/mol. The summed E-state index contributed by atoms with van der Waals surface area (Å²) in [5.41, 5.74) is 7.21. The molecule has 0 saturated carbocycles. The second-order valence-electron chi connectivity index (χ2n) is 3.31. The Labute approximate surface area is 81.7 Å². The minimum atomic E-state index is -0.501. The SMILES string of the molecule is NCC(O)Cc1[nH]nc2ccccc12. The van der Waals surface area contributed by atoms with Gasteiger partial charge in [-0.05, 0) is 6.07 Å². The van der Waals surface area contributed by atoms with Crippen molar-refractivity contribution in [3.05, 3.63) is 30.0 Å². The van der Waals surface area contributed by atoms with Crippen molar-refractivity contribution in [3.8, 4) is 0 Å². The lowest BCUT2D eigenvalue weighted by Crippen LogP contribution is -2.22. The fourth-order valence-corrected chi connectivity index (χ4v) is 1.49. The van der Waals surface area contributed by atoms with Crippen molar-refractivity contribution >= 4 is 10.9 Å². The summed E-state index contributed by atoms with van der Waals surface area (Å²) in [4.78, 5) is 0. The maximum atomic E-state index is 9.42. The third-order valence-electron chi connectivity index (χ3n) is 2.25. The van der Waals surface area contributed by atoms with Gasteiger partial charge in [0.15, 0.2) is 0 Å². The first-order valence-electron chi connectivity index (χ1n) is 4.61. The number of fused-ring (bicyclic) bond motifs is 1. The summed E-state index contributed by atoms with van der Waals surface area (Å²) < 4.78 is 0. The van der Waals surface area contributed by atoms with Crippen molar-refractivity contribution in [3.63, 3.8) is 0 Å². The van der Waals surface area contributed by atoms with Gasteiger partial charge in [0.1, 0.15) is 0 Å². The molecule has 2 rings (SSSR count). The molecule has 0 saturated heterocycles. The van der Waals surface area contributed by atoms with Gasteiger partial charge >= 0.3 is 0 Å². The number of rotatable bonds is 3. The van der Waals surface area contributed by atoms with Gasteiger partial charge in [-0.2, -0.15) is 5.10 Å². The van der Waals surface area contributed by atoms with Crippen LogP contribution < -0.4 is 5.73 Å². The van der Waals surface area contributed by atoms with E-state index >= 15 is 0 Å². The van der Waals surface area contributed by atoms with Crippen LogP contribution in [0.15, 0.2) is 24.3 Å². The lowest BCUT2D eigenvalue weighted by molar-refractivity contribution is 0.182. The Morgan fingerprint density at radius 1 is 1.43 bits per heavy atom. The highest BCUT2D eigenvalue weighted by atomic mass is 16.3. The number of aromatic amines is 1. The van der Waals surface area contributed by atoms with Gasteiger partial charge < -0.3 is 10.8 Å². The molecule has 1 unspecified atom stereocenters. The highest BCUT2D eigenvalue weighted by Crippen LogP contribution is 2.16. The highest BCUT2D eigenvalue weighted by molar-refractivity contribution is 5.81. The number of aliphatic hydroxyl groups is 1. The van der Waals surface area contributed by atoms with Gasteiger partial charge in [0.25, 0.3) is 0 Å².